The van der Waals surface area contributed by atoms with Crippen molar-refractivity contribution in [3.8, 4) is 0 Å². The number of rotatable bonds is 5. The number of aliphatic hydroxyl groups is 7. The standard InChI is InChI=1S/C17H32O10/c1-17(2,3)15-13(24)14(10(21)8(6-19)25-15)27-16-12(23)11(22)9(20)7(26-16)4-5-18/h7-16,18-24H,4-6H2,1-3H3/t7-,8-,9-,10-,11+,12-,13-,14+,15?,16+/m1/s1. The molecule has 0 aromatic carbocycles. The molecule has 7 N–H and O–H groups in total. The lowest BCUT2D eigenvalue weighted by atomic mass is 9.80. The number of hydrogen-bond acceptors (Lipinski definition) is 10. The van der Waals surface area contributed by atoms with E-state index in [2.05, 4.69) is 0 Å². The molecule has 0 radical (unpaired) electrons. The van der Waals surface area contributed by atoms with Crippen molar-refractivity contribution in [3.05, 3.63) is 0 Å². The lowest BCUT2D eigenvalue weighted by molar-refractivity contribution is -0.344. The lowest BCUT2D eigenvalue weighted by Gasteiger charge is -2.49. The normalized spacial score (nSPS) is 46.4. The van der Waals surface area contributed by atoms with E-state index in [1.165, 1.54) is 0 Å². The van der Waals surface area contributed by atoms with E-state index in [4.69, 9.17) is 19.3 Å². The molecular weight excluding hydrogens is 364 g/mol. The van der Waals surface area contributed by atoms with E-state index in [1.54, 1.807) is 0 Å². The smallest absolute Gasteiger partial charge is 0.187 e. The van der Waals surface area contributed by atoms with Gasteiger partial charge in [-0.2, -0.15) is 0 Å². The Labute approximate surface area is 157 Å². The van der Waals surface area contributed by atoms with Gasteiger partial charge < -0.3 is 50.0 Å². The molecule has 10 nitrogen and oxygen atoms in total. The van der Waals surface area contributed by atoms with Crippen molar-refractivity contribution in [2.75, 3.05) is 13.2 Å². The third-order valence-corrected chi connectivity index (χ3v) is 5.09. The Hall–Kier alpha value is -0.400. The summed E-state index contributed by atoms with van der Waals surface area (Å²) in [4.78, 5) is 0. The summed E-state index contributed by atoms with van der Waals surface area (Å²) in [6, 6.07) is 0. The van der Waals surface area contributed by atoms with Crippen molar-refractivity contribution in [1.29, 1.82) is 0 Å². The highest BCUT2D eigenvalue weighted by Crippen LogP contribution is 2.35. The van der Waals surface area contributed by atoms with Crippen LogP contribution in [0.25, 0.3) is 0 Å². The van der Waals surface area contributed by atoms with Crippen molar-refractivity contribution >= 4 is 0 Å². The molecule has 2 rings (SSSR count). The van der Waals surface area contributed by atoms with Gasteiger partial charge in [-0.25, -0.2) is 0 Å². The summed E-state index contributed by atoms with van der Waals surface area (Å²) in [5, 5.41) is 69.8. The van der Waals surface area contributed by atoms with E-state index in [9.17, 15) is 30.6 Å². The van der Waals surface area contributed by atoms with Gasteiger partial charge in [0.2, 0.25) is 0 Å². The average Bonchev–Trinajstić information content (AvgIpc) is 2.59. The van der Waals surface area contributed by atoms with Crippen LogP contribution in [-0.2, 0) is 14.2 Å². The summed E-state index contributed by atoms with van der Waals surface area (Å²) < 4.78 is 16.7. The monoisotopic (exact) mass is 396 g/mol. The van der Waals surface area contributed by atoms with Gasteiger partial charge in [0.1, 0.15) is 42.7 Å². The van der Waals surface area contributed by atoms with Gasteiger partial charge in [0.15, 0.2) is 6.29 Å². The van der Waals surface area contributed by atoms with Crippen LogP contribution in [0, 0.1) is 5.41 Å². The third kappa shape index (κ3) is 4.78. The van der Waals surface area contributed by atoms with E-state index in [1.807, 2.05) is 20.8 Å². The van der Waals surface area contributed by atoms with Crippen LogP contribution in [0.5, 0.6) is 0 Å². The molecule has 1 unspecified atom stereocenters. The Morgan fingerprint density at radius 1 is 0.778 bits per heavy atom. The van der Waals surface area contributed by atoms with Gasteiger partial charge in [-0.3, -0.25) is 0 Å². The van der Waals surface area contributed by atoms with E-state index in [0.717, 1.165) is 0 Å². The fraction of sp³-hybridized carbons (Fsp3) is 1.00. The minimum atomic E-state index is -1.64. The summed E-state index contributed by atoms with van der Waals surface area (Å²) >= 11 is 0. The van der Waals surface area contributed by atoms with Crippen molar-refractivity contribution in [1.82, 2.24) is 0 Å². The maximum atomic E-state index is 10.7. The molecule has 27 heavy (non-hydrogen) atoms. The SMILES string of the molecule is CC(C)(C)C1O[C@H](CO)[C@@H](O)[C@H](O[C@@H]2O[C@H](CCO)[C@@H](O)[C@H](O)[C@H]2O)[C@H]1O. The second-order valence-electron chi connectivity index (χ2n) is 8.25. The van der Waals surface area contributed by atoms with Crippen LogP contribution in [0.2, 0.25) is 0 Å². The molecule has 0 bridgehead atoms. The van der Waals surface area contributed by atoms with Crippen LogP contribution in [-0.4, -0.2) is 110 Å². The molecule has 2 saturated heterocycles. The Morgan fingerprint density at radius 2 is 1.41 bits per heavy atom. The predicted molar refractivity (Wildman–Crippen MR) is 90.5 cm³/mol. The van der Waals surface area contributed by atoms with E-state index < -0.39 is 73.2 Å². The molecule has 2 aliphatic rings. The van der Waals surface area contributed by atoms with Crippen LogP contribution in [0.15, 0.2) is 0 Å². The minimum Gasteiger partial charge on any atom is -0.396 e. The summed E-state index contributed by atoms with van der Waals surface area (Å²) in [5.74, 6) is 0. The highest BCUT2D eigenvalue weighted by Gasteiger charge is 2.52. The van der Waals surface area contributed by atoms with Gasteiger partial charge in [-0.1, -0.05) is 20.8 Å². The topological polar surface area (TPSA) is 169 Å². The molecule has 10 heteroatoms. The van der Waals surface area contributed by atoms with Crippen LogP contribution in [0.4, 0.5) is 0 Å². The Morgan fingerprint density at radius 3 is 1.93 bits per heavy atom. The van der Waals surface area contributed by atoms with E-state index >= 15 is 0 Å². The van der Waals surface area contributed by atoms with Crippen molar-refractivity contribution < 1.29 is 50.0 Å². The Balaban J connectivity index is 2.21. The van der Waals surface area contributed by atoms with Gasteiger partial charge in [-0.05, 0) is 11.8 Å². The molecule has 0 aliphatic carbocycles. The average molecular weight is 396 g/mol. The highest BCUT2D eigenvalue weighted by atomic mass is 16.7. The molecular formula is C17H32O10. The number of aliphatic hydroxyl groups excluding tert-OH is 7. The quantitative estimate of drug-likeness (QED) is 0.256. The zero-order chi connectivity index (χ0) is 20.5. The lowest BCUT2D eigenvalue weighted by Crippen LogP contribution is -2.65. The Bertz CT molecular complexity index is 469. The fourth-order valence-electron chi connectivity index (χ4n) is 3.51. The highest BCUT2D eigenvalue weighted by molar-refractivity contribution is 4.98. The first kappa shape index (κ1) is 22.9. The first-order valence-electron chi connectivity index (χ1n) is 9.11. The van der Waals surface area contributed by atoms with Crippen LogP contribution in [0.1, 0.15) is 27.2 Å². The predicted octanol–water partition coefficient (Wildman–Crippen LogP) is -2.91. The number of hydrogen-bond donors (Lipinski definition) is 7. The summed E-state index contributed by atoms with van der Waals surface area (Å²) in [7, 11) is 0. The fourth-order valence-corrected chi connectivity index (χ4v) is 3.51. The first-order chi connectivity index (χ1) is 12.5. The van der Waals surface area contributed by atoms with E-state index in [-0.39, 0.29) is 13.0 Å². The zero-order valence-corrected chi connectivity index (χ0v) is 15.8. The van der Waals surface area contributed by atoms with Crippen LogP contribution >= 0.6 is 0 Å². The van der Waals surface area contributed by atoms with Crippen molar-refractivity contribution in [2.45, 2.75) is 88.4 Å². The summed E-state index contributed by atoms with van der Waals surface area (Å²) in [6.07, 6.45) is -12.9. The molecule has 10 atom stereocenters. The van der Waals surface area contributed by atoms with Gasteiger partial charge >= 0.3 is 0 Å². The second-order valence-corrected chi connectivity index (χ2v) is 8.25. The first-order valence-corrected chi connectivity index (χ1v) is 9.11. The molecule has 2 aliphatic heterocycles. The van der Waals surface area contributed by atoms with Crippen molar-refractivity contribution in [2.24, 2.45) is 5.41 Å². The minimum absolute atomic E-state index is 0.00638. The molecule has 0 aromatic rings. The molecule has 0 spiro atoms. The number of ether oxygens (including phenoxy) is 3. The molecule has 0 amide bonds. The van der Waals surface area contributed by atoms with Gasteiger partial charge in [0.05, 0.1) is 18.8 Å². The van der Waals surface area contributed by atoms with Gasteiger partial charge in [0, 0.05) is 6.61 Å². The molecule has 0 saturated carbocycles. The largest absolute Gasteiger partial charge is 0.396 e. The van der Waals surface area contributed by atoms with Crippen LogP contribution in [0.3, 0.4) is 0 Å². The van der Waals surface area contributed by atoms with Gasteiger partial charge in [-0.15, -0.1) is 0 Å². The van der Waals surface area contributed by atoms with Crippen LogP contribution < -0.4 is 0 Å². The van der Waals surface area contributed by atoms with Gasteiger partial charge in [0.25, 0.3) is 0 Å². The zero-order valence-electron chi connectivity index (χ0n) is 15.8. The Kier molecular flexibility index (Phi) is 7.59. The molecule has 2 heterocycles. The maximum Gasteiger partial charge on any atom is 0.187 e. The molecule has 2 fully saturated rings. The van der Waals surface area contributed by atoms with Crippen molar-refractivity contribution in [3.63, 3.8) is 0 Å². The summed E-state index contributed by atoms with van der Waals surface area (Å²) in [6.45, 7) is 4.61. The maximum absolute atomic E-state index is 10.7. The molecule has 160 valence electrons. The van der Waals surface area contributed by atoms with E-state index in [0.29, 0.717) is 0 Å². The molecule has 0 aromatic heterocycles. The second kappa shape index (κ2) is 8.95. The summed E-state index contributed by atoms with van der Waals surface area (Å²) in [5.41, 5.74) is -0.546. The third-order valence-electron chi connectivity index (χ3n) is 5.09.